The summed E-state index contributed by atoms with van der Waals surface area (Å²) in [6.45, 7) is 4.11. The molecular formula is C27H36N2O6. The zero-order valence-electron chi connectivity index (χ0n) is 20.5. The number of ether oxygens (including phenoxy) is 3. The van der Waals surface area contributed by atoms with Crippen LogP contribution in [0.5, 0.6) is 17.2 Å². The van der Waals surface area contributed by atoms with Gasteiger partial charge in [-0.25, -0.2) is 0 Å². The van der Waals surface area contributed by atoms with Crippen LogP contribution >= 0.6 is 0 Å². The Kier molecular flexibility index (Phi) is 10.4. The largest absolute Gasteiger partial charge is 0.497 e. The molecule has 1 heterocycles. The molecule has 0 bridgehead atoms. The molecule has 2 atom stereocenters. The van der Waals surface area contributed by atoms with Crippen LogP contribution < -0.4 is 24.8 Å². The summed E-state index contributed by atoms with van der Waals surface area (Å²) >= 11 is 0. The van der Waals surface area contributed by atoms with Crippen molar-refractivity contribution in [2.45, 2.75) is 51.2 Å². The van der Waals surface area contributed by atoms with Gasteiger partial charge in [-0.2, -0.15) is 0 Å². The molecule has 190 valence electrons. The van der Waals surface area contributed by atoms with Crippen molar-refractivity contribution in [1.29, 1.82) is 0 Å². The first-order chi connectivity index (χ1) is 17.0. The lowest BCUT2D eigenvalue weighted by Gasteiger charge is -2.26. The van der Waals surface area contributed by atoms with E-state index in [2.05, 4.69) is 10.6 Å². The van der Waals surface area contributed by atoms with Crippen LogP contribution in [-0.2, 0) is 4.79 Å². The zero-order valence-corrected chi connectivity index (χ0v) is 20.5. The molecule has 1 aliphatic rings. The number of nitrogens with one attached hydrogen (secondary N) is 2. The van der Waals surface area contributed by atoms with Crippen molar-refractivity contribution in [2.24, 2.45) is 0 Å². The number of fused-ring (bicyclic) bond motifs is 1. The van der Waals surface area contributed by atoms with Crippen molar-refractivity contribution < 1.29 is 28.9 Å². The molecule has 0 aromatic heterocycles. The number of methoxy groups -OCH3 is 1. The Bertz CT molecular complexity index is 963. The van der Waals surface area contributed by atoms with Gasteiger partial charge >= 0.3 is 0 Å². The number of Topliss-reactive ketones (excluding diaryl/α,β-unsaturated/α-hetero) is 1. The minimum atomic E-state index is -0.893. The second kappa shape index (κ2) is 13.7. The van der Waals surface area contributed by atoms with Crippen LogP contribution in [0.4, 0.5) is 0 Å². The van der Waals surface area contributed by atoms with E-state index in [1.807, 2.05) is 6.92 Å². The van der Waals surface area contributed by atoms with E-state index in [1.54, 1.807) is 49.6 Å². The van der Waals surface area contributed by atoms with E-state index in [4.69, 9.17) is 14.2 Å². The van der Waals surface area contributed by atoms with E-state index in [0.717, 1.165) is 25.1 Å². The third-order valence-electron chi connectivity index (χ3n) is 5.97. The van der Waals surface area contributed by atoms with E-state index < -0.39 is 12.1 Å². The third-order valence-corrected chi connectivity index (χ3v) is 5.97. The van der Waals surface area contributed by atoms with Gasteiger partial charge in [0.15, 0.2) is 17.3 Å². The molecule has 8 heteroatoms. The van der Waals surface area contributed by atoms with E-state index >= 15 is 0 Å². The summed E-state index contributed by atoms with van der Waals surface area (Å²) in [6.07, 6.45) is 2.07. The molecule has 0 saturated heterocycles. The maximum atomic E-state index is 12.6. The highest BCUT2D eigenvalue weighted by atomic mass is 16.6. The molecule has 3 rings (SSSR count). The Morgan fingerprint density at radius 3 is 2.43 bits per heavy atom. The number of carbonyl (C=O) groups is 2. The number of carbonyl (C=O) groups excluding carboxylic acids is 2. The number of unbranched alkanes of at least 4 members (excludes halogenated alkanes) is 2. The van der Waals surface area contributed by atoms with Crippen molar-refractivity contribution in [3.8, 4) is 17.2 Å². The molecule has 0 aliphatic carbocycles. The summed E-state index contributed by atoms with van der Waals surface area (Å²) in [5.41, 5.74) is 1.33. The molecule has 2 aromatic rings. The van der Waals surface area contributed by atoms with Crippen LogP contribution in [0, 0.1) is 0 Å². The molecule has 8 nitrogen and oxygen atoms in total. The highest BCUT2D eigenvalue weighted by Crippen LogP contribution is 2.33. The monoisotopic (exact) mass is 484 g/mol. The van der Waals surface area contributed by atoms with Gasteiger partial charge in [0.05, 0.1) is 13.2 Å². The maximum Gasteiger partial charge on any atom is 0.220 e. The molecule has 1 amide bonds. The second-order valence-corrected chi connectivity index (χ2v) is 8.54. The Morgan fingerprint density at radius 1 is 1.00 bits per heavy atom. The first-order valence-corrected chi connectivity index (χ1v) is 12.3. The van der Waals surface area contributed by atoms with Crippen molar-refractivity contribution in [3.63, 3.8) is 0 Å². The number of hydrogen-bond acceptors (Lipinski definition) is 7. The van der Waals surface area contributed by atoms with E-state index in [0.29, 0.717) is 61.6 Å². The minimum Gasteiger partial charge on any atom is -0.497 e. The van der Waals surface area contributed by atoms with Gasteiger partial charge in [-0.3, -0.25) is 9.59 Å². The van der Waals surface area contributed by atoms with Crippen LogP contribution in [0.15, 0.2) is 42.5 Å². The lowest BCUT2D eigenvalue weighted by atomic mass is 10.0. The van der Waals surface area contributed by atoms with E-state index in [1.165, 1.54) is 0 Å². The average molecular weight is 485 g/mol. The molecule has 0 radical (unpaired) electrons. The number of aliphatic hydroxyl groups excluding tert-OH is 1. The maximum absolute atomic E-state index is 12.6. The fourth-order valence-electron chi connectivity index (χ4n) is 3.97. The number of likely N-dealkylation sites (N-methyl/N-ethyl adjacent to an activating group) is 1. The van der Waals surface area contributed by atoms with Gasteiger partial charge < -0.3 is 30.0 Å². The van der Waals surface area contributed by atoms with Gasteiger partial charge in [-0.05, 0) is 61.3 Å². The molecule has 1 unspecified atom stereocenters. The first kappa shape index (κ1) is 26.5. The van der Waals surface area contributed by atoms with Crippen LogP contribution in [-0.4, -0.2) is 56.3 Å². The minimum absolute atomic E-state index is 0.0883. The van der Waals surface area contributed by atoms with Gasteiger partial charge in [0.1, 0.15) is 25.1 Å². The fraction of sp³-hybridized carbons (Fsp3) is 0.481. The molecule has 0 saturated carbocycles. The number of hydrogen-bond donors (Lipinski definition) is 3. The van der Waals surface area contributed by atoms with Crippen LogP contribution in [0.2, 0.25) is 0 Å². The highest BCUT2D eigenvalue weighted by Gasteiger charge is 2.24. The number of ketones is 1. The lowest BCUT2D eigenvalue weighted by molar-refractivity contribution is -0.122. The average Bonchev–Trinajstić information content (AvgIpc) is 2.90. The summed E-state index contributed by atoms with van der Waals surface area (Å²) in [5, 5.41) is 17.1. The molecule has 2 aromatic carbocycles. The molecule has 0 fully saturated rings. The summed E-state index contributed by atoms with van der Waals surface area (Å²) in [6, 6.07) is 12.0. The molecule has 3 N–H and O–H groups in total. The fourth-order valence-corrected chi connectivity index (χ4v) is 3.97. The van der Waals surface area contributed by atoms with Crippen molar-refractivity contribution in [3.05, 3.63) is 53.6 Å². The van der Waals surface area contributed by atoms with Gasteiger partial charge in [0.25, 0.3) is 0 Å². The zero-order chi connectivity index (χ0) is 25.0. The van der Waals surface area contributed by atoms with Crippen LogP contribution in [0.3, 0.4) is 0 Å². The van der Waals surface area contributed by atoms with Crippen molar-refractivity contribution in [1.82, 2.24) is 10.6 Å². The van der Waals surface area contributed by atoms with Crippen LogP contribution in [0.1, 0.15) is 61.1 Å². The Labute approximate surface area is 207 Å². The first-order valence-electron chi connectivity index (χ1n) is 12.3. The van der Waals surface area contributed by atoms with E-state index in [9.17, 15) is 14.7 Å². The van der Waals surface area contributed by atoms with Crippen molar-refractivity contribution >= 4 is 11.7 Å². The van der Waals surface area contributed by atoms with Gasteiger partial charge in [-0.15, -0.1) is 0 Å². The quantitative estimate of drug-likeness (QED) is 0.279. The summed E-state index contributed by atoms with van der Waals surface area (Å²) < 4.78 is 16.3. The standard InChI is InChI=1S/C27H36N2O6/c1-3-28-18-22(27(32)20-11-14-24-25(17-20)35-16-15-34-24)29-26(31)8-6-4-5-7-23(30)19-9-12-21(33-2)13-10-19/h9-14,17,22,27-28,32H,3-8,15-16,18H2,1-2H3,(H,29,31)/t22-,27?/m1/s1. The lowest BCUT2D eigenvalue weighted by Crippen LogP contribution is -2.45. The summed E-state index contributed by atoms with van der Waals surface area (Å²) in [5.74, 6) is 1.95. The summed E-state index contributed by atoms with van der Waals surface area (Å²) in [4.78, 5) is 24.9. The number of rotatable bonds is 14. The smallest absolute Gasteiger partial charge is 0.220 e. The third kappa shape index (κ3) is 7.97. The molecule has 0 spiro atoms. The number of benzene rings is 2. The highest BCUT2D eigenvalue weighted by molar-refractivity contribution is 5.96. The Morgan fingerprint density at radius 2 is 1.71 bits per heavy atom. The van der Waals surface area contributed by atoms with Crippen LogP contribution in [0.25, 0.3) is 0 Å². The summed E-state index contributed by atoms with van der Waals surface area (Å²) in [7, 11) is 1.59. The molecular weight excluding hydrogens is 448 g/mol. The molecule has 1 aliphatic heterocycles. The molecule has 35 heavy (non-hydrogen) atoms. The topological polar surface area (TPSA) is 106 Å². The van der Waals surface area contributed by atoms with Gasteiger partial charge in [0.2, 0.25) is 5.91 Å². The predicted octanol–water partition coefficient (Wildman–Crippen LogP) is 3.43. The van der Waals surface area contributed by atoms with E-state index in [-0.39, 0.29) is 11.7 Å². The van der Waals surface area contributed by atoms with Crippen molar-refractivity contribution in [2.75, 3.05) is 33.4 Å². The normalized spacial score (nSPS) is 14.1. The SMILES string of the molecule is CCNC[C@@H](NC(=O)CCCCCC(=O)c1ccc(OC)cc1)C(O)c1ccc2c(c1)OCCO2. The second-order valence-electron chi connectivity index (χ2n) is 8.54. The van der Waals surface area contributed by atoms with Gasteiger partial charge in [-0.1, -0.05) is 19.4 Å². The Balaban J connectivity index is 1.44. The number of amides is 1. The Hall–Kier alpha value is -3.10. The van der Waals surface area contributed by atoms with Gasteiger partial charge in [0, 0.05) is 24.9 Å². The predicted molar refractivity (Wildman–Crippen MR) is 133 cm³/mol. The number of aliphatic hydroxyl groups is 1.